The monoisotopic (exact) mass is 606 g/mol. The van der Waals surface area contributed by atoms with Crippen LogP contribution in [0.5, 0.6) is 17.6 Å². The van der Waals surface area contributed by atoms with Gasteiger partial charge in [0.2, 0.25) is 5.88 Å². The van der Waals surface area contributed by atoms with Crippen molar-refractivity contribution in [2.75, 3.05) is 32.0 Å². The minimum absolute atomic E-state index is 0.0387. The predicted molar refractivity (Wildman–Crippen MR) is 161 cm³/mol. The average Bonchev–Trinajstić information content (AvgIpc) is 2.96. The number of hydrogen-bond acceptors (Lipinski definition) is 10. The molecule has 0 aliphatic heterocycles. The molecular formula is C30H34N6O6S. The lowest BCUT2D eigenvalue weighted by Gasteiger charge is -2.19. The number of anilines is 1. The first-order valence-corrected chi connectivity index (χ1v) is 14.8. The number of benzene rings is 2. The van der Waals surface area contributed by atoms with Crippen LogP contribution < -0.4 is 18.9 Å². The van der Waals surface area contributed by atoms with Gasteiger partial charge in [-0.2, -0.15) is 9.97 Å². The molecule has 0 atom stereocenters. The smallest absolute Gasteiger partial charge is 0.414 e. The Balaban J connectivity index is 1.51. The molecule has 1 N–H and O–H groups in total. The largest absolute Gasteiger partial charge is 0.473 e. The zero-order valence-electron chi connectivity index (χ0n) is 24.9. The van der Waals surface area contributed by atoms with Gasteiger partial charge in [-0.3, -0.25) is 4.72 Å². The molecule has 0 fully saturated rings. The standard InChI is InChI=1S/C30H34N6O6S/c1-20-7-9-21(10-8-20)25-26(35-43(38,39)24-13-11-22(12-14-24)30(2,3)4)33-19-34-27(25)40-15-16-41-28-31-17-23(18-32-28)42-29(37)36(5)6/h7-14,17-19H,15-16H2,1-6H3,(H,33,34,35). The number of nitrogens with zero attached hydrogens (tertiary/aromatic N) is 5. The number of rotatable bonds is 10. The lowest BCUT2D eigenvalue weighted by atomic mass is 9.87. The predicted octanol–water partition coefficient (Wildman–Crippen LogP) is 4.86. The zero-order chi connectivity index (χ0) is 31.2. The molecule has 0 radical (unpaired) electrons. The number of aryl methyl sites for hydroxylation is 1. The minimum Gasteiger partial charge on any atom is -0.473 e. The number of sulfonamides is 1. The highest BCUT2D eigenvalue weighted by Gasteiger charge is 2.23. The van der Waals surface area contributed by atoms with Gasteiger partial charge in [-0.25, -0.2) is 23.2 Å². The number of ether oxygens (including phenoxy) is 3. The van der Waals surface area contributed by atoms with Crippen molar-refractivity contribution in [2.24, 2.45) is 0 Å². The second kappa shape index (κ2) is 13.0. The molecule has 4 rings (SSSR count). The fourth-order valence-corrected chi connectivity index (χ4v) is 4.77. The van der Waals surface area contributed by atoms with Crippen molar-refractivity contribution in [2.45, 2.75) is 38.0 Å². The Hall–Kier alpha value is -4.78. The van der Waals surface area contributed by atoms with Gasteiger partial charge in [-0.15, -0.1) is 0 Å². The van der Waals surface area contributed by atoms with Crippen LogP contribution in [0.3, 0.4) is 0 Å². The summed E-state index contributed by atoms with van der Waals surface area (Å²) < 4.78 is 45.9. The molecule has 0 saturated carbocycles. The van der Waals surface area contributed by atoms with E-state index in [1.165, 1.54) is 23.6 Å². The molecule has 0 aliphatic rings. The molecule has 0 bridgehead atoms. The molecule has 226 valence electrons. The van der Waals surface area contributed by atoms with E-state index in [0.717, 1.165) is 11.1 Å². The summed E-state index contributed by atoms with van der Waals surface area (Å²) in [6, 6.07) is 14.3. The fraction of sp³-hybridized carbons (Fsp3) is 0.300. The van der Waals surface area contributed by atoms with Gasteiger partial charge >= 0.3 is 12.1 Å². The molecule has 13 heteroatoms. The van der Waals surface area contributed by atoms with Gasteiger partial charge in [-0.1, -0.05) is 62.7 Å². The van der Waals surface area contributed by atoms with Gasteiger partial charge in [0, 0.05) is 14.1 Å². The van der Waals surface area contributed by atoms with Gasteiger partial charge in [0.05, 0.1) is 22.9 Å². The summed E-state index contributed by atoms with van der Waals surface area (Å²) in [6.07, 6.45) is 3.31. The van der Waals surface area contributed by atoms with Gasteiger partial charge in [-0.05, 0) is 35.6 Å². The maximum absolute atomic E-state index is 13.4. The summed E-state index contributed by atoms with van der Waals surface area (Å²) in [5.41, 5.74) is 2.96. The SMILES string of the molecule is Cc1ccc(-c2c(NS(=O)(=O)c3ccc(C(C)(C)C)cc3)ncnc2OCCOc2ncc(OC(=O)N(C)C)cn2)cc1. The molecule has 43 heavy (non-hydrogen) atoms. The highest BCUT2D eigenvalue weighted by Crippen LogP contribution is 2.35. The van der Waals surface area contributed by atoms with E-state index in [9.17, 15) is 13.2 Å². The summed E-state index contributed by atoms with van der Waals surface area (Å²) in [5, 5.41) is 0. The third-order valence-electron chi connectivity index (χ3n) is 6.14. The van der Waals surface area contributed by atoms with Crippen LogP contribution in [0.2, 0.25) is 0 Å². The molecule has 4 aromatic rings. The Morgan fingerprint density at radius 1 is 0.884 bits per heavy atom. The molecule has 2 heterocycles. The molecule has 0 spiro atoms. The van der Waals surface area contributed by atoms with Crippen LogP contribution in [0, 0.1) is 6.92 Å². The van der Waals surface area contributed by atoms with E-state index < -0.39 is 16.1 Å². The fourth-order valence-electron chi connectivity index (χ4n) is 3.75. The highest BCUT2D eigenvalue weighted by molar-refractivity contribution is 7.92. The van der Waals surface area contributed by atoms with E-state index >= 15 is 0 Å². The molecule has 2 aromatic carbocycles. The Morgan fingerprint density at radius 3 is 2.12 bits per heavy atom. The molecule has 1 amide bonds. The van der Waals surface area contributed by atoms with Crippen LogP contribution in [0.4, 0.5) is 10.6 Å². The number of nitrogens with one attached hydrogen (secondary N) is 1. The molecule has 0 unspecified atom stereocenters. The van der Waals surface area contributed by atoms with E-state index in [1.807, 2.05) is 31.2 Å². The Morgan fingerprint density at radius 2 is 1.51 bits per heavy atom. The third kappa shape index (κ3) is 8.16. The van der Waals surface area contributed by atoms with Crippen molar-refractivity contribution in [1.29, 1.82) is 0 Å². The summed E-state index contributed by atoms with van der Waals surface area (Å²) >= 11 is 0. The van der Waals surface area contributed by atoms with E-state index in [2.05, 4.69) is 45.4 Å². The summed E-state index contributed by atoms with van der Waals surface area (Å²) in [6.45, 7) is 8.22. The van der Waals surface area contributed by atoms with Crippen LogP contribution in [-0.2, 0) is 15.4 Å². The van der Waals surface area contributed by atoms with E-state index in [-0.39, 0.29) is 47.0 Å². The maximum atomic E-state index is 13.4. The summed E-state index contributed by atoms with van der Waals surface area (Å²) in [5.74, 6) is 0.405. The first kappa shape index (κ1) is 31.2. The number of carbonyl (C=O) groups excluding carboxylic acids is 1. The third-order valence-corrected chi connectivity index (χ3v) is 7.50. The van der Waals surface area contributed by atoms with Gasteiger partial charge in [0.1, 0.15) is 19.5 Å². The Kier molecular flexibility index (Phi) is 9.44. The zero-order valence-corrected chi connectivity index (χ0v) is 25.7. The van der Waals surface area contributed by atoms with E-state index in [0.29, 0.717) is 11.1 Å². The van der Waals surface area contributed by atoms with Crippen LogP contribution in [-0.4, -0.2) is 66.7 Å². The number of amides is 1. The van der Waals surface area contributed by atoms with Crippen LogP contribution in [0.25, 0.3) is 11.1 Å². The van der Waals surface area contributed by atoms with E-state index in [1.54, 1.807) is 38.4 Å². The first-order chi connectivity index (χ1) is 20.3. The average molecular weight is 607 g/mol. The Bertz CT molecular complexity index is 1650. The first-order valence-electron chi connectivity index (χ1n) is 13.4. The van der Waals surface area contributed by atoms with Crippen molar-refractivity contribution in [1.82, 2.24) is 24.8 Å². The number of carbonyl (C=O) groups is 1. The Labute approximate surface area is 251 Å². The molecule has 0 saturated heterocycles. The maximum Gasteiger partial charge on any atom is 0.414 e. The van der Waals surface area contributed by atoms with Crippen LogP contribution in [0.1, 0.15) is 31.9 Å². The van der Waals surface area contributed by atoms with Crippen molar-refractivity contribution in [3.63, 3.8) is 0 Å². The lowest BCUT2D eigenvalue weighted by Crippen LogP contribution is -2.25. The normalized spacial score (nSPS) is 11.5. The lowest BCUT2D eigenvalue weighted by molar-refractivity contribution is 0.171. The van der Waals surface area contributed by atoms with Crippen molar-refractivity contribution >= 4 is 21.9 Å². The minimum atomic E-state index is -3.98. The second-order valence-electron chi connectivity index (χ2n) is 10.8. The van der Waals surface area contributed by atoms with Gasteiger partial charge in [0.25, 0.3) is 10.0 Å². The quantitative estimate of drug-likeness (QED) is 0.248. The topological polar surface area (TPSA) is 146 Å². The molecule has 0 aliphatic carbocycles. The van der Waals surface area contributed by atoms with E-state index in [4.69, 9.17) is 14.2 Å². The van der Waals surface area contributed by atoms with Gasteiger partial charge < -0.3 is 19.1 Å². The van der Waals surface area contributed by atoms with Crippen molar-refractivity contribution in [3.8, 4) is 28.8 Å². The van der Waals surface area contributed by atoms with Crippen molar-refractivity contribution < 1.29 is 27.4 Å². The number of aromatic nitrogens is 4. The molecule has 12 nitrogen and oxygen atoms in total. The van der Waals surface area contributed by atoms with Gasteiger partial charge in [0.15, 0.2) is 11.6 Å². The second-order valence-corrected chi connectivity index (χ2v) is 12.5. The highest BCUT2D eigenvalue weighted by atomic mass is 32.2. The molecular weight excluding hydrogens is 572 g/mol. The number of hydrogen-bond donors (Lipinski definition) is 1. The molecule has 2 aromatic heterocycles. The summed E-state index contributed by atoms with van der Waals surface area (Å²) in [7, 11) is -0.856. The van der Waals surface area contributed by atoms with Crippen LogP contribution in [0.15, 0.2) is 72.1 Å². The van der Waals surface area contributed by atoms with Crippen LogP contribution >= 0.6 is 0 Å². The summed E-state index contributed by atoms with van der Waals surface area (Å²) in [4.78, 5) is 29.6. The van der Waals surface area contributed by atoms with Crippen molar-refractivity contribution in [3.05, 3.63) is 78.4 Å².